The maximum Gasteiger partial charge on any atom is 0.328 e. The Balaban J connectivity index is 1.58. The van der Waals surface area contributed by atoms with Gasteiger partial charge in [-0.05, 0) is 57.4 Å². The van der Waals surface area contributed by atoms with Crippen LogP contribution in [0.4, 0.5) is 0 Å². The maximum atomic E-state index is 12.7. The first kappa shape index (κ1) is 21.2. The molecule has 1 fully saturated rings. The zero-order valence-corrected chi connectivity index (χ0v) is 17.4. The van der Waals surface area contributed by atoms with E-state index in [2.05, 4.69) is 10.2 Å². The molecule has 0 radical (unpaired) electrons. The van der Waals surface area contributed by atoms with E-state index in [0.717, 1.165) is 24.2 Å². The van der Waals surface area contributed by atoms with Crippen molar-refractivity contribution in [3.05, 3.63) is 24.3 Å². The van der Waals surface area contributed by atoms with Crippen LogP contribution in [0.25, 0.3) is 11.5 Å². The van der Waals surface area contributed by atoms with Gasteiger partial charge in [0.05, 0.1) is 19.0 Å². The molecule has 0 spiro atoms. The van der Waals surface area contributed by atoms with Gasteiger partial charge in [0, 0.05) is 12.1 Å². The summed E-state index contributed by atoms with van der Waals surface area (Å²) in [4.78, 5) is 26.4. The molecule has 1 aromatic heterocycles. The minimum Gasteiger partial charge on any atom is -0.494 e. The summed E-state index contributed by atoms with van der Waals surface area (Å²) in [6, 6.07) is 6.86. The van der Waals surface area contributed by atoms with Crippen molar-refractivity contribution < 1.29 is 23.5 Å². The Bertz CT molecular complexity index is 824. The summed E-state index contributed by atoms with van der Waals surface area (Å²) in [5.74, 6) is 0.814. The monoisotopic (exact) mass is 419 g/mol. The third-order valence-corrected chi connectivity index (χ3v) is 5.32. The zero-order valence-electron chi connectivity index (χ0n) is 16.6. The Morgan fingerprint density at radius 1 is 1.17 bits per heavy atom. The fourth-order valence-corrected chi connectivity index (χ4v) is 3.81. The van der Waals surface area contributed by atoms with Crippen molar-refractivity contribution in [2.75, 3.05) is 25.5 Å². The van der Waals surface area contributed by atoms with Crippen LogP contribution in [-0.4, -0.2) is 58.5 Å². The lowest BCUT2D eigenvalue weighted by Crippen LogP contribution is -2.49. The number of aromatic nitrogens is 2. The Kier molecular flexibility index (Phi) is 7.51. The molecule has 0 N–H and O–H groups in total. The van der Waals surface area contributed by atoms with E-state index in [1.807, 2.05) is 31.2 Å². The second kappa shape index (κ2) is 10.3. The Morgan fingerprint density at radius 3 is 2.69 bits per heavy atom. The number of carbonyl (C=O) groups excluding carboxylic acids is 2. The fourth-order valence-electron chi connectivity index (χ4n) is 3.17. The van der Waals surface area contributed by atoms with E-state index in [1.54, 1.807) is 11.8 Å². The molecule has 1 amide bonds. The molecule has 156 valence electrons. The molecule has 9 heteroatoms. The Labute approximate surface area is 173 Å². The smallest absolute Gasteiger partial charge is 0.328 e. The second-order valence-electron chi connectivity index (χ2n) is 6.47. The van der Waals surface area contributed by atoms with Crippen molar-refractivity contribution >= 4 is 23.6 Å². The molecule has 0 aliphatic carbocycles. The standard InChI is InChI=1S/C20H25N3O5S/c1-3-26-15-10-8-14(9-11-15)18-21-22-20(28-18)29-13-17(24)23-12-6-5-7-16(23)19(25)27-4-2/h8-11,16H,3-7,12-13H2,1-2H3/t16-/m0/s1. The molecule has 2 heterocycles. The van der Waals surface area contributed by atoms with Crippen molar-refractivity contribution in [1.82, 2.24) is 15.1 Å². The summed E-state index contributed by atoms with van der Waals surface area (Å²) in [7, 11) is 0. The number of piperidine rings is 1. The summed E-state index contributed by atoms with van der Waals surface area (Å²) in [5, 5.41) is 8.36. The van der Waals surface area contributed by atoms with Gasteiger partial charge in [0.25, 0.3) is 5.22 Å². The highest BCUT2D eigenvalue weighted by Gasteiger charge is 2.33. The lowest BCUT2D eigenvalue weighted by Gasteiger charge is -2.33. The third kappa shape index (κ3) is 5.50. The van der Waals surface area contributed by atoms with Crippen molar-refractivity contribution in [1.29, 1.82) is 0 Å². The largest absolute Gasteiger partial charge is 0.494 e. The van der Waals surface area contributed by atoms with Crippen LogP contribution >= 0.6 is 11.8 Å². The molecule has 3 rings (SSSR count). The number of thioether (sulfide) groups is 1. The van der Waals surface area contributed by atoms with E-state index in [9.17, 15) is 9.59 Å². The van der Waals surface area contributed by atoms with Crippen LogP contribution in [0.2, 0.25) is 0 Å². The van der Waals surface area contributed by atoms with E-state index in [1.165, 1.54) is 11.8 Å². The Hall–Kier alpha value is -2.55. The van der Waals surface area contributed by atoms with E-state index in [0.29, 0.717) is 37.3 Å². The molecule has 1 saturated heterocycles. The number of nitrogens with zero attached hydrogens (tertiary/aromatic N) is 3. The summed E-state index contributed by atoms with van der Waals surface area (Å²) in [6.45, 7) is 5.16. The van der Waals surface area contributed by atoms with Gasteiger partial charge >= 0.3 is 5.97 Å². The van der Waals surface area contributed by atoms with Gasteiger partial charge in [0.2, 0.25) is 11.8 Å². The number of likely N-dealkylation sites (tertiary alicyclic amines) is 1. The number of hydrogen-bond donors (Lipinski definition) is 0. The highest BCUT2D eigenvalue weighted by molar-refractivity contribution is 7.99. The van der Waals surface area contributed by atoms with Gasteiger partial charge in [-0.25, -0.2) is 4.79 Å². The van der Waals surface area contributed by atoms with Crippen LogP contribution in [0.15, 0.2) is 33.9 Å². The Morgan fingerprint density at radius 2 is 1.97 bits per heavy atom. The molecule has 29 heavy (non-hydrogen) atoms. The average Bonchev–Trinajstić information content (AvgIpc) is 3.22. The predicted octanol–water partition coefficient (Wildman–Crippen LogP) is 3.17. The molecule has 1 aromatic carbocycles. The van der Waals surface area contributed by atoms with Crippen molar-refractivity contribution in [3.63, 3.8) is 0 Å². The molecular weight excluding hydrogens is 394 g/mol. The van der Waals surface area contributed by atoms with Crippen LogP contribution in [-0.2, 0) is 14.3 Å². The molecule has 1 aliphatic rings. The van der Waals surface area contributed by atoms with Crippen molar-refractivity contribution in [2.45, 2.75) is 44.4 Å². The summed E-state index contributed by atoms with van der Waals surface area (Å²) in [6.07, 6.45) is 2.43. The van der Waals surface area contributed by atoms with Gasteiger partial charge < -0.3 is 18.8 Å². The normalized spacial score (nSPS) is 16.5. The van der Waals surface area contributed by atoms with Crippen LogP contribution in [0.1, 0.15) is 33.1 Å². The molecule has 1 atom stereocenters. The number of esters is 1. The third-order valence-electron chi connectivity index (χ3n) is 4.52. The first-order valence-electron chi connectivity index (χ1n) is 9.78. The average molecular weight is 420 g/mol. The molecular formula is C20H25N3O5S. The molecule has 0 saturated carbocycles. The first-order valence-corrected chi connectivity index (χ1v) is 10.8. The van der Waals surface area contributed by atoms with Gasteiger partial charge in [-0.1, -0.05) is 11.8 Å². The quantitative estimate of drug-likeness (QED) is 0.476. The van der Waals surface area contributed by atoms with Crippen LogP contribution in [0, 0.1) is 0 Å². The highest BCUT2D eigenvalue weighted by atomic mass is 32.2. The number of amides is 1. The number of rotatable bonds is 8. The van der Waals surface area contributed by atoms with Gasteiger partial charge in [-0.2, -0.15) is 0 Å². The number of carbonyl (C=O) groups is 2. The van der Waals surface area contributed by atoms with Gasteiger partial charge in [-0.15, -0.1) is 10.2 Å². The van der Waals surface area contributed by atoms with Gasteiger partial charge in [-0.3, -0.25) is 4.79 Å². The zero-order chi connectivity index (χ0) is 20.6. The van der Waals surface area contributed by atoms with E-state index >= 15 is 0 Å². The predicted molar refractivity (Wildman–Crippen MR) is 108 cm³/mol. The topological polar surface area (TPSA) is 94.8 Å². The minimum absolute atomic E-state index is 0.126. The maximum absolute atomic E-state index is 12.7. The number of ether oxygens (including phenoxy) is 2. The van der Waals surface area contributed by atoms with Crippen LogP contribution in [0.3, 0.4) is 0 Å². The lowest BCUT2D eigenvalue weighted by molar-refractivity contribution is -0.155. The lowest BCUT2D eigenvalue weighted by atomic mass is 10.0. The van der Waals surface area contributed by atoms with E-state index < -0.39 is 6.04 Å². The van der Waals surface area contributed by atoms with Crippen molar-refractivity contribution in [2.24, 2.45) is 0 Å². The minimum atomic E-state index is -0.501. The second-order valence-corrected chi connectivity index (χ2v) is 7.40. The molecule has 2 aromatic rings. The molecule has 1 aliphatic heterocycles. The first-order chi connectivity index (χ1) is 14.1. The fraction of sp³-hybridized carbons (Fsp3) is 0.500. The summed E-state index contributed by atoms with van der Waals surface area (Å²) >= 11 is 1.17. The van der Waals surface area contributed by atoms with Crippen LogP contribution < -0.4 is 4.74 Å². The van der Waals surface area contributed by atoms with E-state index in [-0.39, 0.29) is 17.6 Å². The van der Waals surface area contributed by atoms with Crippen molar-refractivity contribution in [3.8, 4) is 17.2 Å². The number of hydrogen-bond acceptors (Lipinski definition) is 8. The SMILES string of the molecule is CCOC(=O)[C@@H]1CCCCN1C(=O)CSc1nnc(-c2ccc(OCC)cc2)o1. The van der Waals surface area contributed by atoms with Gasteiger partial charge in [0.1, 0.15) is 11.8 Å². The van der Waals surface area contributed by atoms with E-state index in [4.69, 9.17) is 13.9 Å². The summed E-state index contributed by atoms with van der Waals surface area (Å²) < 4.78 is 16.2. The number of benzene rings is 1. The van der Waals surface area contributed by atoms with Gasteiger partial charge in [0.15, 0.2) is 0 Å². The highest BCUT2D eigenvalue weighted by Crippen LogP contribution is 2.26. The molecule has 8 nitrogen and oxygen atoms in total. The molecule has 0 bridgehead atoms. The molecule has 0 unspecified atom stereocenters. The summed E-state index contributed by atoms with van der Waals surface area (Å²) in [5.41, 5.74) is 0.775. The van der Waals surface area contributed by atoms with Crippen LogP contribution in [0.5, 0.6) is 5.75 Å².